The van der Waals surface area contributed by atoms with Gasteiger partial charge in [0.2, 0.25) is 0 Å². The molecule has 0 bridgehead atoms. The molecule has 1 amide bonds. The zero-order valence-corrected chi connectivity index (χ0v) is 14.3. The minimum atomic E-state index is -0.916. The van der Waals surface area contributed by atoms with Crippen LogP contribution in [0.25, 0.3) is 11.1 Å². The monoisotopic (exact) mass is 341 g/mol. The third-order valence-electron chi connectivity index (χ3n) is 4.86. The number of aryl methyl sites for hydroxylation is 2. The highest BCUT2D eigenvalue weighted by Crippen LogP contribution is 2.26. The number of amides is 1. The summed E-state index contributed by atoms with van der Waals surface area (Å²) >= 11 is 0. The van der Waals surface area contributed by atoms with Crippen molar-refractivity contribution in [2.45, 2.75) is 20.3 Å². The van der Waals surface area contributed by atoms with Crippen molar-refractivity contribution in [2.75, 3.05) is 13.1 Å². The number of hydrogen-bond acceptors (Lipinski definition) is 2. The molecule has 1 N–H and O–H groups in total. The lowest BCUT2D eigenvalue weighted by atomic mass is 9.99. The number of carbonyl (C=O) groups excluding carboxylic acids is 1. The Bertz CT molecular complexity index is 847. The molecular formula is C20H20FNO3. The summed E-state index contributed by atoms with van der Waals surface area (Å²) in [7, 11) is 0. The fraction of sp³-hybridized carbons (Fsp3) is 0.300. The van der Waals surface area contributed by atoms with Crippen molar-refractivity contribution in [1.29, 1.82) is 0 Å². The third-order valence-corrected chi connectivity index (χ3v) is 4.86. The molecule has 0 aliphatic carbocycles. The fourth-order valence-corrected chi connectivity index (χ4v) is 3.11. The lowest BCUT2D eigenvalue weighted by Gasteiger charge is -2.16. The molecule has 1 aliphatic heterocycles. The molecule has 0 spiro atoms. The molecule has 130 valence electrons. The molecule has 4 nitrogen and oxygen atoms in total. The summed E-state index contributed by atoms with van der Waals surface area (Å²) < 4.78 is 14.5. The SMILES string of the molecule is Cc1ccc(-c2ccc(C(=O)N3CCC(C(=O)O)C3)c(F)c2)cc1C. The van der Waals surface area contributed by atoms with Crippen molar-refractivity contribution in [3.05, 3.63) is 58.9 Å². The van der Waals surface area contributed by atoms with Gasteiger partial charge in [0.1, 0.15) is 5.82 Å². The van der Waals surface area contributed by atoms with Crippen molar-refractivity contribution in [3.8, 4) is 11.1 Å². The van der Waals surface area contributed by atoms with Gasteiger partial charge in [0, 0.05) is 13.1 Å². The summed E-state index contributed by atoms with van der Waals surface area (Å²) in [5.41, 5.74) is 3.88. The molecule has 0 aromatic heterocycles. The van der Waals surface area contributed by atoms with E-state index in [4.69, 9.17) is 5.11 Å². The predicted octanol–water partition coefficient (Wildman–Crippen LogP) is 3.66. The van der Waals surface area contributed by atoms with E-state index in [-0.39, 0.29) is 12.1 Å². The van der Waals surface area contributed by atoms with Gasteiger partial charge in [0.05, 0.1) is 11.5 Å². The highest BCUT2D eigenvalue weighted by atomic mass is 19.1. The summed E-state index contributed by atoms with van der Waals surface area (Å²) in [6.07, 6.45) is 0.406. The van der Waals surface area contributed by atoms with Gasteiger partial charge >= 0.3 is 5.97 Å². The van der Waals surface area contributed by atoms with E-state index in [1.165, 1.54) is 17.0 Å². The average molecular weight is 341 g/mol. The van der Waals surface area contributed by atoms with Gasteiger partial charge in [-0.25, -0.2) is 4.39 Å². The summed E-state index contributed by atoms with van der Waals surface area (Å²) in [6, 6.07) is 10.5. The number of carbonyl (C=O) groups is 2. The van der Waals surface area contributed by atoms with Gasteiger partial charge in [-0.05, 0) is 54.7 Å². The molecule has 1 atom stereocenters. The Hall–Kier alpha value is -2.69. The van der Waals surface area contributed by atoms with Gasteiger partial charge in [-0.1, -0.05) is 24.3 Å². The van der Waals surface area contributed by atoms with E-state index in [2.05, 4.69) is 0 Å². The smallest absolute Gasteiger partial charge is 0.308 e. The van der Waals surface area contributed by atoms with Gasteiger partial charge in [-0.3, -0.25) is 9.59 Å². The van der Waals surface area contributed by atoms with Crippen LogP contribution in [-0.4, -0.2) is 35.0 Å². The quantitative estimate of drug-likeness (QED) is 0.927. The van der Waals surface area contributed by atoms with Crippen LogP contribution in [-0.2, 0) is 4.79 Å². The zero-order chi connectivity index (χ0) is 18.1. The number of aliphatic carboxylic acids is 1. The molecule has 1 unspecified atom stereocenters. The van der Waals surface area contributed by atoms with Gasteiger partial charge in [0.15, 0.2) is 0 Å². The number of nitrogens with zero attached hydrogens (tertiary/aromatic N) is 1. The van der Waals surface area contributed by atoms with Gasteiger partial charge in [-0.2, -0.15) is 0 Å². The summed E-state index contributed by atoms with van der Waals surface area (Å²) in [5.74, 6) is -2.52. The topological polar surface area (TPSA) is 57.6 Å². The summed E-state index contributed by atoms with van der Waals surface area (Å²) in [4.78, 5) is 24.9. The average Bonchev–Trinajstić information content (AvgIpc) is 3.07. The lowest BCUT2D eigenvalue weighted by Crippen LogP contribution is -2.30. The Labute approximate surface area is 145 Å². The molecule has 2 aromatic carbocycles. The molecule has 1 fully saturated rings. The van der Waals surface area contributed by atoms with Crippen LogP contribution in [0.2, 0.25) is 0 Å². The predicted molar refractivity (Wildman–Crippen MR) is 93.0 cm³/mol. The fourth-order valence-electron chi connectivity index (χ4n) is 3.11. The van der Waals surface area contributed by atoms with Crippen molar-refractivity contribution in [3.63, 3.8) is 0 Å². The Kier molecular flexibility index (Phi) is 4.57. The van der Waals surface area contributed by atoms with Crippen LogP contribution >= 0.6 is 0 Å². The first-order valence-electron chi connectivity index (χ1n) is 8.26. The molecule has 0 saturated carbocycles. The normalized spacial score (nSPS) is 16.9. The van der Waals surface area contributed by atoms with E-state index < -0.39 is 23.6 Å². The third kappa shape index (κ3) is 3.40. The highest BCUT2D eigenvalue weighted by molar-refractivity contribution is 5.95. The molecule has 1 saturated heterocycles. The Morgan fingerprint density at radius 1 is 1.08 bits per heavy atom. The van der Waals surface area contributed by atoms with E-state index in [0.717, 1.165) is 16.7 Å². The Morgan fingerprint density at radius 2 is 1.76 bits per heavy atom. The molecule has 3 rings (SSSR count). The minimum Gasteiger partial charge on any atom is -0.481 e. The maximum Gasteiger partial charge on any atom is 0.308 e. The second kappa shape index (κ2) is 6.67. The van der Waals surface area contributed by atoms with Gasteiger partial charge < -0.3 is 10.0 Å². The highest BCUT2D eigenvalue weighted by Gasteiger charge is 2.32. The second-order valence-corrected chi connectivity index (χ2v) is 6.57. The standard InChI is InChI=1S/C20H20FNO3/c1-12-3-4-14(9-13(12)2)15-5-6-17(18(21)10-15)19(23)22-8-7-16(11-22)20(24)25/h3-6,9-10,16H,7-8,11H2,1-2H3,(H,24,25). The number of hydrogen-bond donors (Lipinski definition) is 1. The number of benzene rings is 2. The zero-order valence-electron chi connectivity index (χ0n) is 14.3. The lowest BCUT2D eigenvalue weighted by molar-refractivity contribution is -0.141. The van der Waals surface area contributed by atoms with Gasteiger partial charge in [-0.15, -0.1) is 0 Å². The van der Waals surface area contributed by atoms with E-state index >= 15 is 0 Å². The minimum absolute atomic E-state index is 0.0152. The maximum atomic E-state index is 14.5. The molecule has 1 aliphatic rings. The number of carboxylic acids is 1. The molecule has 1 heterocycles. The van der Waals surface area contributed by atoms with Crippen LogP contribution < -0.4 is 0 Å². The van der Waals surface area contributed by atoms with Crippen molar-refractivity contribution >= 4 is 11.9 Å². The van der Waals surface area contributed by atoms with Crippen molar-refractivity contribution in [2.24, 2.45) is 5.92 Å². The van der Waals surface area contributed by atoms with Crippen LogP contribution in [0, 0.1) is 25.6 Å². The second-order valence-electron chi connectivity index (χ2n) is 6.57. The van der Waals surface area contributed by atoms with E-state index in [1.54, 1.807) is 6.07 Å². The van der Waals surface area contributed by atoms with Crippen LogP contribution in [0.4, 0.5) is 4.39 Å². The van der Waals surface area contributed by atoms with Crippen molar-refractivity contribution in [1.82, 2.24) is 4.90 Å². The van der Waals surface area contributed by atoms with Gasteiger partial charge in [0.25, 0.3) is 5.91 Å². The Balaban J connectivity index is 1.83. The number of rotatable bonds is 3. The summed E-state index contributed by atoms with van der Waals surface area (Å²) in [5, 5.41) is 9.03. The first-order valence-corrected chi connectivity index (χ1v) is 8.26. The molecule has 25 heavy (non-hydrogen) atoms. The van der Waals surface area contributed by atoms with Crippen LogP contribution in [0.5, 0.6) is 0 Å². The van der Waals surface area contributed by atoms with E-state index in [0.29, 0.717) is 18.5 Å². The molecular weight excluding hydrogens is 321 g/mol. The largest absolute Gasteiger partial charge is 0.481 e. The Morgan fingerprint density at radius 3 is 2.36 bits per heavy atom. The molecule has 5 heteroatoms. The first kappa shape index (κ1) is 17.1. The molecule has 2 aromatic rings. The van der Waals surface area contributed by atoms with Crippen LogP contribution in [0.15, 0.2) is 36.4 Å². The van der Waals surface area contributed by atoms with Crippen LogP contribution in [0.3, 0.4) is 0 Å². The number of likely N-dealkylation sites (tertiary alicyclic amines) is 1. The summed E-state index contributed by atoms with van der Waals surface area (Å²) in [6.45, 7) is 4.49. The van der Waals surface area contributed by atoms with Crippen LogP contribution in [0.1, 0.15) is 27.9 Å². The number of halogens is 1. The maximum absolute atomic E-state index is 14.5. The van der Waals surface area contributed by atoms with Crippen molar-refractivity contribution < 1.29 is 19.1 Å². The van der Waals surface area contributed by atoms with E-state index in [1.807, 2.05) is 32.0 Å². The van der Waals surface area contributed by atoms with E-state index in [9.17, 15) is 14.0 Å². The number of carboxylic acid groups (broad SMARTS) is 1. The first-order chi connectivity index (χ1) is 11.9. The molecule has 0 radical (unpaired) electrons.